The molecule has 0 rings (SSSR count). The van der Waals surface area contributed by atoms with Gasteiger partial charge in [-0.05, 0) is 43.4 Å². The molecule has 576 valence electrons. The van der Waals surface area contributed by atoms with Crippen molar-refractivity contribution in [3.63, 3.8) is 0 Å². The minimum atomic E-state index is -4.96. The number of esters is 4. The van der Waals surface area contributed by atoms with Crippen LogP contribution in [0.1, 0.15) is 402 Å². The van der Waals surface area contributed by atoms with Crippen LogP contribution in [0.25, 0.3) is 0 Å². The van der Waals surface area contributed by atoms with E-state index in [4.69, 9.17) is 37.0 Å². The number of carbonyl (C=O) groups is 4. The van der Waals surface area contributed by atoms with Crippen LogP contribution in [0.4, 0.5) is 0 Å². The lowest BCUT2D eigenvalue weighted by Gasteiger charge is -2.21. The Kier molecular flexibility index (Phi) is 67.1. The van der Waals surface area contributed by atoms with Crippen LogP contribution >= 0.6 is 15.6 Å². The van der Waals surface area contributed by atoms with Crippen LogP contribution < -0.4 is 0 Å². The zero-order chi connectivity index (χ0) is 71.6. The number of carbonyl (C=O) groups excluding carboxylic acids is 4. The van der Waals surface area contributed by atoms with Crippen LogP contribution in [0.3, 0.4) is 0 Å². The summed E-state index contributed by atoms with van der Waals surface area (Å²) >= 11 is 0. The maximum atomic E-state index is 13.1. The van der Waals surface area contributed by atoms with Gasteiger partial charge in [0.1, 0.15) is 19.3 Å². The van der Waals surface area contributed by atoms with E-state index in [2.05, 4.69) is 48.5 Å². The smallest absolute Gasteiger partial charge is 0.462 e. The molecule has 17 nitrogen and oxygen atoms in total. The molecule has 0 fully saturated rings. The molecule has 0 saturated heterocycles. The molecule has 0 aliphatic rings. The van der Waals surface area contributed by atoms with E-state index in [1.54, 1.807) is 0 Å². The van der Waals surface area contributed by atoms with Gasteiger partial charge in [-0.25, -0.2) is 9.13 Å². The molecule has 0 aromatic carbocycles. The highest BCUT2D eigenvalue weighted by atomic mass is 31.2. The van der Waals surface area contributed by atoms with Crippen LogP contribution in [-0.4, -0.2) is 96.7 Å². The van der Waals surface area contributed by atoms with Crippen LogP contribution in [0.5, 0.6) is 0 Å². The van der Waals surface area contributed by atoms with Gasteiger partial charge in [-0.2, -0.15) is 0 Å². The zero-order valence-electron chi connectivity index (χ0n) is 63.5. The first-order valence-electron chi connectivity index (χ1n) is 40.3. The SMILES string of the molecule is CCCCCCCCCCCCCCCCCC(=O)OC[C@H](COP(=O)(O)OC[C@@H](O)COP(=O)(O)OC[C@@H](COC(=O)CCCCCCCCCCCCC(C)C)OC(=O)CCCCCCCCCCCCC(C)C)OC(=O)CCCCCCCCCCCCCCCC(C)C. The van der Waals surface area contributed by atoms with E-state index < -0.39 is 97.5 Å². The number of aliphatic hydroxyl groups excluding tert-OH is 1. The molecule has 97 heavy (non-hydrogen) atoms. The fourth-order valence-electron chi connectivity index (χ4n) is 12.0. The maximum absolute atomic E-state index is 13.1. The third kappa shape index (κ3) is 72.2. The third-order valence-electron chi connectivity index (χ3n) is 18.1. The molecule has 19 heteroatoms. The summed E-state index contributed by atoms with van der Waals surface area (Å²) in [5, 5.41) is 10.6. The molecule has 0 heterocycles. The van der Waals surface area contributed by atoms with Crippen LogP contribution in [0.15, 0.2) is 0 Å². The van der Waals surface area contributed by atoms with Crippen molar-refractivity contribution < 1.29 is 80.2 Å². The molecule has 0 radical (unpaired) electrons. The molecule has 0 aliphatic carbocycles. The molecular formula is C78H152O17P2. The third-order valence-corrected chi connectivity index (χ3v) is 20.0. The van der Waals surface area contributed by atoms with Crippen LogP contribution in [-0.2, 0) is 65.4 Å². The number of phosphoric acid groups is 2. The van der Waals surface area contributed by atoms with E-state index >= 15 is 0 Å². The van der Waals surface area contributed by atoms with Gasteiger partial charge in [0.25, 0.3) is 0 Å². The van der Waals surface area contributed by atoms with Crippen LogP contribution in [0.2, 0.25) is 0 Å². The Morgan fingerprint density at radius 2 is 0.474 bits per heavy atom. The second-order valence-corrected chi connectivity index (χ2v) is 32.4. The Morgan fingerprint density at radius 3 is 0.701 bits per heavy atom. The van der Waals surface area contributed by atoms with Crippen molar-refractivity contribution in [2.75, 3.05) is 39.6 Å². The molecule has 2 unspecified atom stereocenters. The molecule has 0 amide bonds. The highest BCUT2D eigenvalue weighted by Gasteiger charge is 2.30. The number of rotatable bonds is 76. The molecule has 5 atom stereocenters. The van der Waals surface area contributed by atoms with Gasteiger partial charge in [-0.3, -0.25) is 37.3 Å². The van der Waals surface area contributed by atoms with Crippen molar-refractivity contribution in [2.45, 2.75) is 420 Å². The molecule has 0 aromatic heterocycles. The van der Waals surface area contributed by atoms with E-state index in [0.29, 0.717) is 25.7 Å². The van der Waals surface area contributed by atoms with Crippen molar-refractivity contribution in [3.05, 3.63) is 0 Å². The second-order valence-electron chi connectivity index (χ2n) is 29.5. The van der Waals surface area contributed by atoms with Gasteiger partial charge in [-0.1, -0.05) is 350 Å². The van der Waals surface area contributed by atoms with Gasteiger partial charge >= 0.3 is 39.5 Å². The summed E-state index contributed by atoms with van der Waals surface area (Å²) in [6, 6.07) is 0. The second kappa shape index (κ2) is 68.5. The fourth-order valence-corrected chi connectivity index (χ4v) is 13.5. The van der Waals surface area contributed by atoms with Gasteiger partial charge in [0, 0.05) is 25.7 Å². The quantitative estimate of drug-likeness (QED) is 0.0222. The minimum Gasteiger partial charge on any atom is -0.462 e. The van der Waals surface area contributed by atoms with E-state index in [-0.39, 0.29) is 25.7 Å². The lowest BCUT2D eigenvalue weighted by atomic mass is 10.0. The summed E-state index contributed by atoms with van der Waals surface area (Å²) in [4.78, 5) is 72.9. The number of aliphatic hydroxyl groups is 1. The molecule has 0 bridgehead atoms. The maximum Gasteiger partial charge on any atom is 0.472 e. The van der Waals surface area contributed by atoms with Crippen molar-refractivity contribution in [3.8, 4) is 0 Å². The van der Waals surface area contributed by atoms with E-state index in [1.807, 2.05) is 0 Å². The standard InChI is InChI=1S/C78H152O17P2/c1-8-9-10-11-12-13-14-15-16-19-22-31-38-45-52-59-75(80)88-65-73(94-77(82)61-54-47-40-33-23-20-17-18-21-28-35-42-49-56-69(2)3)67-92-96(84,85)90-63-72(79)64-91-97(86,87)93-68-74(95-78(83)62-55-48-41-34-27-25-30-37-44-51-58-71(6)7)66-89-76(81)60-53-46-39-32-26-24-29-36-43-50-57-70(4)5/h69-74,79H,8-68H2,1-7H3,(H,84,85)(H,86,87)/t72-,73-,74-/m1/s1. The predicted molar refractivity (Wildman–Crippen MR) is 395 cm³/mol. The first-order valence-corrected chi connectivity index (χ1v) is 43.3. The largest absolute Gasteiger partial charge is 0.472 e. The van der Waals surface area contributed by atoms with Crippen molar-refractivity contribution in [1.29, 1.82) is 0 Å². The van der Waals surface area contributed by atoms with E-state index in [1.165, 1.54) is 212 Å². The Hall–Kier alpha value is -1.94. The normalized spacial score (nSPS) is 14.0. The molecule has 0 spiro atoms. The first-order chi connectivity index (χ1) is 46.7. The van der Waals surface area contributed by atoms with Crippen molar-refractivity contribution >= 4 is 39.5 Å². The number of hydrogen-bond donors (Lipinski definition) is 3. The lowest BCUT2D eigenvalue weighted by molar-refractivity contribution is -0.161. The van der Waals surface area contributed by atoms with Gasteiger partial charge in [0.2, 0.25) is 0 Å². The first kappa shape index (κ1) is 95.1. The Bertz CT molecular complexity index is 1890. The Morgan fingerprint density at radius 1 is 0.278 bits per heavy atom. The summed E-state index contributed by atoms with van der Waals surface area (Å²) in [6.07, 6.45) is 55.4. The topological polar surface area (TPSA) is 237 Å². The number of unbranched alkanes of at least 4 members (excludes halogenated alkanes) is 44. The van der Waals surface area contributed by atoms with Gasteiger partial charge in [-0.15, -0.1) is 0 Å². The van der Waals surface area contributed by atoms with Gasteiger partial charge in [0.15, 0.2) is 12.2 Å². The predicted octanol–water partition coefficient (Wildman–Crippen LogP) is 23.0. The molecule has 0 aliphatic heterocycles. The number of ether oxygens (including phenoxy) is 4. The fraction of sp³-hybridized carbons (Fsp3) is 0.949. The van der Waals surface area contributed by atoms with E-state index in [9.17, 15) is 43.2 Å². The number of phosphoric ester groups is 2. The van der Waals surface area contributed by atoms with E-state index in [0.717, 1.165) is 108 Å². The average Bonchev–Trinajstić information content (AvgIpc) is 1.38. The molecular weight excluding hydrogens is 1270 g/mol. The highest BCUT2D eigenvalue weighted by Crippen LogP contribution is 2.45. The summed E-state index contributed by atoms with van der Waals surface area (Å²) in [6.45, 7) is 11.9. The molecule has 0 aromatic rings. The summed E-state index contributed by atoms with van der Waals surface area (Å²) < 4.78 is 68.6. The summed E-state index contributed by atoms with van der Waals surface area (Å²) in [5.41, 5.74) is 0. The van der Waals surface area contributed by atoms with Gasteiger partial charge < -0.3 is 33.8 Å². The minimum absolute atomic E-state index is 0.106. The van der Waals surface area contributed by atoms with Crippen molar-refractivity contribution in [2.24, 2.45) is 17.8 Å². The average molecular weight is 1420 g/mol. The number of hydrogen-bond acceptors (Lipinski definition) is 15. The monoisotopic (exact) mass is 1420 g/mol. The lowest BCUT2D eigenvalue weighted by Crippen LogP contribution is -2.30. The van der Waals surface area contributed by atoms with Gasteiger partial charge in [0.05, 0.1) is 26.4 Å². The highest BCUT2D eigenvalue weighted by molar-refractivity contribution is 7.47. The summed E-state index contributed by atoms with van der Waals surface area (Å²) in [5.74, 6) is 0.184. The van der Waals surface area contributed by atoms with Crippen LogP contribution in [0, 0.1) is 17.8 Å². The summed E-state index contributed by atoms with van der Waals surface area (Å²) in [7, 11) is -9.92. The molecule has 0 saturated carbocycles. The van der Waals surface area contributed by atoms with Crippen molar-refractivity contribution in [1.82, 2.24) is 0 Å². The Labute approximate surface area is 594 Å². The zero-order valence-corrected chi connectivity index (χ0v) is 65.3. The Balaban J connectivity index is 5.27. The molecule has 3 N–H and O–H groups in total.